The zero-order valence-corrected chi connectivity index (χ0v) is 34.8. The number of nitrogens with zero attached hydrogens (tertiary/aromatic N) is 2. The van der Waals surface area contributed by atoms with E-state index < -0.39 is 5.41 Å². The summed E-state index contributed by atoms with van der Waals surface area (Å²) < 4.78 is 9.98. The molecule has 0 radical (unpaired) electrons. The van der Waals surface area contributed by atoms with Crippen molar-refractivity contribution in [3.05, 3.63) is 240 Å². The third-order valence-corrected chi connectivity index (χ3v) is 14.9. The molecule has 0 saturated carbocycles. The number of benzene rings is 10. The maximum Gasteiger partial charge on any atom is 0.159 e. The van der Waals surface area contributed by atoms with E-state index in [1.807, 2.05) is 0 Å². The Hall–Kier alpha value is -8.14. The van der Waals surface area contributed by atoms with Crippen molar-refractivity contribution in [3.63, 3.8) is 0 Å². The Morgan fingerprint density at radius 2 is 1.03 bits per heavy atom. The SMILES string of the molecule is c1ccc(N(c2ccc3c4ccccc4n(-c4ccccc4)c3c2)c2cccc3c2oc2c4c(ccc23)C2(c3ccccc3-c3ccccc32)c2ccc3c5c(ccc-4c25)CC3)cc1. The van der Waals surface area contributed by atoms with E-state index in [0.717, 1.165) is 63.0 Å². The molecule has 298 valence electrons. The van der Waals surface area contributed by atoms with E-state index in [1.165, 1.54) is 82.7 Å². The fourth-order valence-electron chi connectivity index (χ4n) is 12.4. The second-order valence-corrected chi connectivity index (χ2v) is 17.8. The summed E-state index contributed by atoms with van der Waals surface area (Å²) in [4.78, 5) is 2.38. The van der Waals surface area contributed by atoms with Crippen LogP contribution in [0.3, 0.4) is 0 Å². The Morgan fingerprint density at radius 3 is 1.83 bits per heavy atom. The van der Waals surface area contributed by atoms with Crippen LogP contribution >= 0.6 is 0 Å². The van der Waals surface area contributed by atoms with E-state index in [2.05, 4.69) is 216 Å². The number of rotatable bonds is 4. The van der Waals surface area contributed by atoms with Gasteiger partial charge in [-0.25, -0.2) is 0 Å². The largest absolute Gasteiger partial charge is 0.453 e. The fraction of sp³-hybridized carbons (Fsp3) is 0.0492. The van der Waals surface area contributed by atoms with Crippen LogP contribution in [0, 0.1) is 0 Å². The standard InChI is InChI=1S/C61H38N2O/c1-3-14-39(15-4-1)62(41-30-32-45-44-20-9-12-24-53(44)63(55(45)36-41)40-16-5-2-6-17-40)54-25-13-21-46-47-33-35-52-58(60(47)64-59(46)54)48-31-28-37-26-27-38-29-34-51(57(48)56(37)38)61(52)49-22-10-7-18-42(49)43-19-8-11-23-50(43)61/h1-25,28-36H,26-27H2. The van der Waals surface area contributed by atoms with Crippen molar-refractivity contribution in [3.8, 4) is 27.9 Å². The van der Waals surface area contributed by atoms with E-state index in [4.69, 9.17) is 4.42 Å². The van der Waals surface area contributed by atoms with Crippen LogP contribution in [-0.2, 0) is 18.3 Å². The molecule has 64 heavy (non-hydrogen) atoms. The first-order valence-corrected chi connectivity index (χ1v) is 22.5. The second-order valence-electron chi connectivity index (χ2n) is 17.8. The zero-order chi connectivity index (χ0) is 41.7. The molecule has 0 aliphatic heterocycles. The Kier molecular flexibility index (Phi) is 6.72. The molecule has 3 aliphatic carbocycles. The lowest BCUT2D eigenvalue weighted by Crippen LogP contribution is -2.32. The van der Waals surface area contributed by atoms with Gasteiger partial charge in [-0.1, -0.05) is 158 Å². The van der Waals surface area contributed by atoms with E-state index in [1.54, 1.807) is 0 Å². The quantitative estimate of drug-likeness (QED) is 0.176. The summed E-state index contributed by atoms with van der Waals surface area (Å²) in [5.41, 5.74) is 21.3. The topological polar surface area (TPSA) is 21.3 Å². The van der Waals surface area contributed by atoms with Crippen LogP contribution in [-0.4, -0.2) is 4.57 Å². The van der Waals surface area contributed by atoms with Gasteiger partial charge in [-0.2, -0.15) is 0 Å². The number of anilines is 3. The molecular formula is C61H38N2O. The van der Waals surface area contributed by atoms with Crippen molar-refractivity contribution in [2.45, 2.75) is 18.3 Å². The van der Waals surface area contributed by atoms with Crippen LogP contribution in [0.25, 0.3) is 82.5 Å². The van der Waals surface area contributed by atoms with Crippen LogP contribution in [0.4, 0.5) is 17.1 Å². The average Bonchev–Trinajstić information content (AvgIpc) is 4.12. The smallest absolute Gasteiger partial charge is 0.159 e. The predicted octanol–water partition coefficient (Wildman–Crippen LogP) is 15.7. The minimum absolute atomic E-state index is 0.506. The Morgan fingerprint density at radius 1 is 0.406 bits per heavy atom. The first-order chi connectivity index (χ1) is 31.8. The molecule has 1 spiro atoms. The van der Waals surface area contributed by atoms with Gasteiger partial charge in [-0.3, -0.25) is 0 Å². The molecule has 3 heteroatoms. The van der Waals surface area contributed by atoms with Crippen LogP contribution < -0.4 is 4.90 Å². The Bertz CT molecular complexity index is 3910. The third-order valence-electron chi connectivity index (χ3n) is 14.9. The minimum atomic E-state index is -0.506. The normalized spacial score (nSPS) is 13.9. The maximum atomic E-state index is 7.59. The highest BCUT2D eigenvalue weighted by Gasteiger charge is 2.51. The molecule has 0 N–H and O–H groups in total. The summed E-state index contributed by atoms with van der Waals surface area (Å²) in [7, 11) is 0. The molecule has 2 aromatic heterocycles. The van der Waals surface area contributed by atoms with Crippen molar-refractivity contribution in [1.82, 2.24) is 4.57 Å². The van der Waals surface area contributed by atoms with Gasteiger partial charge in [-0.15, -0.1) is 0 Å². The number of fused-ring (bicyclic) bond motifs is 16. The van der Waals surface area contributed by atoms with Crippen molar-refractivity contribution >= 4 is 71.6 Å². The van der Waals surface area contributed by atoms with E-state index in [0.29, 0.717) is 0 Å². The number of aryl methyl sites for hydroxylation is 2. The van der Waals surface area contributed by atoms with Gasteiger partial charge in [-0.05, 0) is 122 Å². The summed E-state index contributed by atoms with van der Waals surface area (Å²) in [5, 5.41) is 7.51. The van der Waals surface area contributed by atoms with Crippen molar-refractivity contribution < 1.29 is 4.42 Å². The highest BCUT2D eigenvalue weighted by molar-refractivity contribution is 6.19. The molecule has 0 bridgehead atoms. The van der Waals surface area contributed by atoms with Gasteiger partial charge in [0.2, 0.25) is 0 Å². The maximum absolute atomic E-state index is 7.59. The molecule has 0 amide bonds. The van der Waals surface area contributed by atoms with E-state index in [9.17, 15) is 0 Å². The summed E-state index contributed by atoms with van der Waals surface area (Å²) in [6.45, 7) is 0. The summed E-state index contributed by atoms with van der Waals surface area (Å²) >= 11 is 0. The third kappa shape index (κ3) is 4.26. The van der Waals surface area contributed by atoms with Crippen molar-refractivity contribution in [2.24, 2.45) is 0 Å². The number of furan rings is 1. The zero-order valence-electron chi connectivity index (χ0n) is 34.8. The minimum Gasteiger partial charge on any atom is -0.453 e. The van der Waals surface area contributed by atoms with Gasteiger partial charge >= 0.3 is 0 Å². The molecule has 3 nitrogen and oxygen atoms in total. The Labute approximate surface area is 369 Å². The summed E-state index contributed by atoms with van der Waals surface area (Å²) in [6, 6.07) is 76.5. The highest BCUT2D eigenvalue weighted by Crippen LogP contribution is 2.64. The predicted molar refractivity (Wildman–Crippen MR) is 264 cm³/mol. The molecule has 3 aliphatic rings. The average molecular weight is 815 g/mol. The molecule has 0 fully saturated rings. The van der Waals surface area contributed by atoms with Gasteiger partial charge in [0.05, 0.1) is 22.1 Å². The molecular weight excluding hydrogens is 777 g/mol. The lowest BCUT2D eigenvalue weighted by molar-refractivity contribution is 0.667. The van der Waals surface area contributed by atoms with Crippen LogP contribution in [0.5, 0.6) is 0 Å². The molecule has 15 rings (SSSR count). The summed E-state index contributed by atoms with van der Waals surface area (Å²) in [5.74, 6) is 0. The molecule has 12 aromatic rings. The van der Waals surface area contributed by atoms with E-state index >= 15 is 0 Å². The van der Waals surface area contributed by atoms with Crippen molar-refractivity contribution in [1.29, 1.82) is 0 Å². The lowest BCUT2D eigenvalue weighted by atomic mass is 9.61. The first kappa shape index (κ1) is 34.4. The molecule has 0 saturated heterocycles. The molecule has 2 heterocycles. The number of para-hydroxylation sites is 4. The fourth-order valence-corrected chi connectivity index (χ4v) is 12.4. The van der Waals surface area contributed by atoms with Crippen molar-refractivity contribution in [2.75, 3.05) is 4.90 Å². The molecule has 10 aromatic carbocycles. The summed E-state index contributed by atoms with van der Waals surface area (Å²) in [6.07, 6.45) is 2.15. The van der Waals surface area contributed by atoms with E-state index in [-0.39, 0.29) is 0 Å². The Balaban J connectivity index is 1.04. The lowest BCUT2D eigenvalue weighted by Gasteiger charge is -2.40. The second kappa shape index (κ2) is 12.5. The van der Waals surface area contributed by atoms with Gasteiger partial charge in [0.15, 0.2) is 5.58 Å². The number of aromatic nitrogens is 1. The highest BCUT2D eigenvalue weighted by atomic mass is 16.3. The van der Waals surface area contributed by atoms with Gasteiger partial charge < -0.3 is 13.9 Å². The number of hydrogen-bond acceptors (Lipinski definition) is 2. The first-order valence-electron chi connectivity index (χ1n) is 22.5. The number of hydrogen-bond donors (Lipinski definition) is 0. The van der Waals surface area contributed by atoms with Crippen LogP contribution in [0.15, 0.2) is 211 Å². The monoisotopic (exact) mass is 814 g/mol. The van der Waals surface area contributed by atoms with Crippen LogP contribution in [0.1, 0.15) is 33.4 Å². The molecule has 0 unspecified atom stereocenters. The van der Waals surface area contributed by atoms with Crippen LogP contribution in [0.2, 0.25) is 0 Å². The van der Waals surface area contributed by atoms with Gasteiger partial charge in [0.1, 0.15) is 5.58 Å². The molecule has 0 atom stereocenters. The van der Waals surface area contributed by atoms with Gasteiger partial charge in [0.25, 0.3) is 0 Å². The van der Waals surface area contributed by atoms with Gasteiger partial charge in [0, 0.05) is 44.2 Å².